The Labute approximate surface area is 231 Å². The second-order valence-corrected chi connectivity index (χ2v) is 10.9. The average Bonchev–Trinajstić information content (AvgIpc) is 3.38. The number of hydrogen-bond acceptors (Lipinski definition) is 7. The summed E-state index contributed by atoms with van der Waals surface area (Å²) in [6.45, 7) is 4.21. The number of aliphatic carboxylic acids is 1. The molecule has 1 saturated heterocycles. The number of carboxylic acids is 1. The summed E-state index contributed by atoms with van der Waals surface area (Å²) in [5, 5.41) is 22.7. The van der Waals surface area contributed by atoms with E-state index in [1.807, 2.05) is 6.92 Å². The van der Waals surface area contributed by atoms with Gasteiger partial charge < -0.3 is 24.5 Å². The van der Waals surface area contributed by atoms with Gasteiger partial charge in [0.05, 0.1) is 24.7 Å². The van der Waals surface area contributed by atoms with Crippen LogP contribution in [0.4, 0.5) is 0 Å². The van der Waals surface area contributed by atoms with E-state index in [-0.39, 0.29) is 99.3 Å². The Balaban J connectivity index is 0.00000245. The largest absolute Gasteiger partial charge is 1.00 e. The fourth-order valence-electron chi connectivity index (χ4n) is 8.22. The number of carbonyl (C=O) groups excluding carboxylic acids is 3. The summed E-state index contributed by atoms with van der Waals surface area (Å²) < 4.78 is 11.7. The van der Waals surface area contributed by atoms with Crippen molar-refractivity contribution in [3.05, 3.63) is 11.6 Å². The summed E-state index contributed by atoms with van der Waals surface area (Å²) >= 11 is 0. The fourth-order valence-corrected chi connectivity index (χ4v) is 8.22. The fraction of sp³-hybridized carbons (Fsp3) is 0.792. The Bertz CT molecular complexity index is 901. The molecule has 4 fully saturated rings. The molecule has 0 amide bonds. The first-order valence-corrected chi connectivity index (χ1v) is 11.4. The Morgan fingerprint density at radius 3 is 2.69 bits per heavy atom. The van der Waals surface area contributed by atoms with Crippen molar-refractivity contribution in [1.29, 1.82) is 0 Å². The van der Waals surface area contributed by atoms with Crippen LogP contribution in [-0.4, -0.2) is 47.2 Å². The monoisotopic (exact) mass is 470 g/mol. The quantitative estimate of drug-likeness (QED) is 0.296. The van der Waals surface area contributed by atoms with Crippen LogP contribution < -0.4 is 56.5 Å². The van der Waals surface area contributed by atoms with E-state index >= 15 is 0 Å². The van der Waals surface area contributed by atoms with Crippen molar-refractivity contribution in [3.8, 4) is 0 Å². The molecule has 1 unspecified atom stereocenters. The van der Waals surface area contributed by atoms with Crippen LogP contribution in [0.5, 0.6) is 0 Å². The zero-order valence-electron chi connectivity index (χ0n) is 19.4. The summed E-state index contributed by atoms with van der Waals surface area (Å²) in [7, 11) is 1.39. The molecule has 1 spiro atoms. The maximum atomic E-state index is 13.0. The first-order chi connectivity index (χ1) is 14.5. The van der Waals surface area contributed by atoms with E-state index in [0.29, 0.717) is 38.5 Å². The van der Waals surface area contributed by atoms with Gasteiger partial charge in [-0.1, -0.05) is 19.4 Å². The van der Waals surface area contributed by atoms with E-state index in [1.54, 1.807) is 6.08 Å². The van der Waals surface area contributed by atoms with E-state index in [9.17, 15) is 24.6 Å². The maximum absolute atomic E-state index is 13.0. The van der Waals surface area contributed by atoms with Crippen molar-refractivity contribution in [2.24, 2.45) is 28.6 Å². The molecule has 8 heteroatoms. The smallest absolute Gasteiger partial charge is 0.550 e. The molecule has 0 bridgehead atoms. The predicted octanol–water partition coefficient (Wildman–Crippen LogP) is -1.69. The zero-order chi connectivity index (χ0) is 22.4. The van der Waals surface area contributed by atoms with Crippen molar-refractivity contribution in [3.63, 3.8) is 0 Å². The second-order valence-electron chi connectivity index (χ2n) is 10.9. The number of carboxylic acid groups (broad SMARTS) is 1. The van der Waals surface area contributed by atoms with Crippen molar-refractivity contribution in [2.45, 2.75) is 82.5 Å². The van der Waals surface area contributed by atoms with Gasteiger partial charge in [0.25, 0.3) is 0 Å². The molecule has 3 saturated carbocycles. The normalized spacial score (nSPS) is 48.2. The second kappa shape index (κ2) is 7.97. The number of methoxy groups -OCH3 is 1. The molecule has 0 radical (unpaired) electrons. The molecule has 7 nitrogen and oxygen atoms in total. The first kappa shape index (κ1) is 25.0. The van der Waals surface area contributed by atoms with Gasteiger partial charge in [0.2, 0.25) is 0 Å². The van der Waals surface area contributed by atoms with Gasteiger partial charge >= 0.3 is 57.4 Å². The summed E-state index contributed by atoms with van der Waals surface area (Å²) in [5.74, 6) is -1.91. The Morgan fingerprint density at radius 2 is 2.03 bits per heavy atom. The van der Waals surface area contributed by atoms with Gasteiger partial charge in [-0.3, -0.25) is 9.59 Å². The van der Waals surface area contributed by atoms with Crippen LogP contribution in [-0.2, 0) is 23.9 Å². The molecule has 32 heavy (non-hydrogen) atoms. The summed E-state index contributed by atoms with van der Waals surface area (Å²) in [6.07, 6.45) is 5.06. The van der Waals surface area contributed by atoms with Crippen LogP contribution in [0.25, 0.3) is 0 Å². The van der Waals surface area contributed by atoms with Gasteiger partial charge in [-0.15, -0.1) is 0 Å². The van der Waals surface area contributed by atoms with Crippen LogP contribution in [0.1, 0.15) is 65.2 Å². The van der Waals surface area contributed by atoms with Gasteiger partial charge in [-0.2, -0.15) is 0 Å². The SMILES string of the molecule is COC(=O)[C@@H]1CC2=CC(=O)CC[C@]2(C)C23O[C@H]2C[C@@]2(C)[C@@H](CC[C@@]2(O)CCC(=O)[O-])[C@@H]13.[K+]. The molecule has 0 aromatic rings. The van der Waals surface area contributed by atoms with E-state index < -0.39 is 28.5 Å². The van der Waals surface area contributed by atoms with Crippen LogP contribution >= 0.6 is 0 Å². The Kier molecular flexibility index (Phi) is 6.23. The third kappa shape index (κ3) is 3.09. The molecule has 4 aliphatic carbocycles. The van der Waals surface area contributed by atoms with E-state index in [0.717, 1.165) is 5.57 Å². The third-order valence-electron chi connectivity index (χ3n) is 9.94. The number of ether oxygens (including phenoxy) is 2. The number of rotatable bonds is 4. The molecule has 5 rings (SSSR count). The summed E-state index contributed by atoms with van der Waals surface area (Å²) in [5.41, 5.74) is -1.53. The van der Waals surface area contributed by atoms with Crippen molar-refractivity contribution in [1.82, 2.24) is 0 Å². The van der Waals surface area contributed by atoms with Crippen LogP contribution in [0.2, 0.25) is 0 Å². The average molecular weight is 471 g/mol. The van der Waals surface area contributed by atoms with Crippen LogP contribution in [0.15, 0.2) is 11.6 Å². The Hall–Kier alpha value is -0.0936. The van der Waals surface area contributed by atoms with E-state index in [2.05, 4.69) is 6.92 Å². The molecular formula is C24H31KO7. The van der Waals surface area contributed by atoms with Gasteiger partial charge in [0.15, 0.2) is 5.78 Å². The molecule has 8 atom stereocenters. The molecule has 170 valence electrons. The molecule has 5 aliphatic rings. The molecule has 0 aromatic heterocycles. The molecule has 1 heterocycles. The zero-order valence-corrected chi connectivity index (χ0v) is 22.6. The van der Waals surface area contributed by atoms with Gasteiger partial charge in [-0.25, -0.2) is 0 Å². The van der Waals surface area contributed by atoms with Crippen LogP contribution in [0, 0.1) is 28.6 Å². The van der Waals surface area contributed by atoms with Gasteiger partial charge in [0.1, 0.15) is 5.60 Å². The number of epoxide rings is 1. The molecule has 1 N–H and O–H groups in total. The van der Waals surface area contributed by atoms with E-state index in [4.69, 9.17) is 9.47 Å². The van der Waals surface area contributed by atoms with Gasteiger partial charge in [-0.05, 0) is 56.9 Å². The van der Waals surface area contributed by atoms with E-state index in [1.165, 1.54) is 7.11 Å². The molecular weight excluding hydrogens is 439 g/mol. The Morgan fingerprint density at radius 1 is 1.31 bits per heavy atom. The first-order valence-electron chi connectivity index (χ1n) is 11.4. The maximum Gasteiger partial charge on any atom is 1.00 e. The van der Waals surface area contributed by atoms with Crippen LogP contribution in [0.3, 0.4) is 0 Å². The molecule has 1 aliphatic heterocycles. The topological polar surface area (TPSA) is 116 Å². The predicted molar refractivity (Wildman–Crippen MR) is 106 cm³/mol. The number of aliphatic hydroxyl groups is 1. The third-order valence-corrected chi connectivity index (χ3v) is 9.94. The summed E-state index contributed by atoms with van der Waals surface area (Å²) in [4.78, 5) is 36.3. The number of carbonyl (C=O) groups is 3. The number of fused-ring (bicyclic) bond motifs is 3. The minimum absolute atomic E-state index is 0. The number of hydrogen-bond donors (Lipinski definition) is 1. The summed E-state index contributed by atoms with van der Waals surface area (Å²) in [6, 6.07) is 0. The standard InChI is InChI=1S/C24H32O7.K/c1-21-7-4-14(25)10-13(21)11-15(20(28)30-3)19-16-5-8-23(29,9-6-18(26)27)22(16,2)12-17-24(19,21)31-17;/h10,15-17,19,29H,4-9,11-12H2,1-3H3,(H,26,27);/q;+1/p-1/t15-,16+,17+,19-,21+,22+,23-,24?;/m1./s1. The van der Waals surface area contributed by atoms with Crippen molar-refractivity contribution in [2.75, 3.05) is 7.11 Å². The minimum Gasteiger partial charge on any atom is -0.550 e. The van der Waals surface area contributed by atoms with Gasteiger partial charge in [0, 0.05) is 29.1 Å². The van der Waals surface area contributed by atoms with Crippen molar-refractivity contribution >= 4 is 17.7 Å². The van der Waals surface area contributed by atoms with Crippen molar-refractivity contribution < 1.29 is 85.5 Å². The number of ketones is 1. The number of esters is 1. The minimum atomic E-state index is -1.16. The molecule has 0 aromatic carbocycles.